The van der Waals surface area contributed by atoms with E-state index in [0.29, 0.717) is 11.4 Å². The van der Waals surface area contributed by atoms with Gasteiger partial charge < -0.3 is 10.1 Å². The number of anilines is 1. The number of hydrogen-bond donors (Lipinski definition) is 1. The maximum atomic E-state index is 13.7. The molecule has 0 bridgehead atoms. The van der Waals surface area contributed by atoms with E-state index in [1.165, 1.54) is 6.07 Å². The highest BCUT2D eigenvalue weighted by molar-refractivity contribution is 6.30. The van der Waals surface area contributed by atoms with Crippen molar-refractivity contribution in [3.8, 4) is 5.75 Å². The Morgan fingerprint density at radius 2 is 2.14 bits per heavy atom. The topological polar surface area (TPSA) is 38.3 Å². The van der Waals surface area contributed by atoms with E-state index in [-0.39, 0.29) is 24.1 Å². The Bertz CT molecular complexity index is 733. The van der Waals surface area contributed by atoms with E-state index in [0.717, 1.165) is 16.9 Å². The van der Waals surface area contributed by atoms with Crippen LogP contribution in [0.2, 0.25) is 5.02 Å². The SMILES string of the molecule is Cc1ccc(F)c(NC(=O)C2COc3ccc(Cl)cc3C2)c1. The quantitative estimate of drug-likeness (QED) is 0.909. The number of carbonyl (C=O) groups is 1. The van der Waals surface area contributed by atoms with Gasteiger partial charge in [-0.1, -0.05) is 17.7 Å². The fourth-order valence-corrected chi connectivity index (χ4v) is 2.70. The van der Waals surface area contributed by atoms with Crippen LogP contribution in [0.25, 0.3) is 0 Å². The summed E-state index contributed by atoms with van der Waals surface area (Å²) < 4.78 is 19.3. The summed E-state index contributed by atoms with van der Waals surface area (Å²) in [7, 11) is 0. The van der Waals surface area contributed by atoms with Crippen molar-refractivity contribution in [3.63, 3.8) is 0 Å². The molecule has 3 nitrogen and oxygen atoms in total. The number of halogens is 2. The molecule has 2 aromatic carbocycles. The number of ether oxygens (including phenoxy) is 1. The van der Waals surface area contributed by atoms with Gasteiger partial charge in [-0.15, -0.1) is 0 Å². The molecule has 3 rings (SSSR count). The smallest absolute Gasteiger partial charge is 0.231 e. The Morgan fingerprint density at radius 1 is 1.32 bits per heavy atom. The van der Waals surface area contributed by atoms with E-state index >= 15 is 0 Å². The van der Waals surface area contributed by atoms with Gasteiger partial charge in [0.15, 0.2) is 0 Å². The van der Waals surface area contributed by atoms with Gasteiger partial charge in [0.1, 0.15) is 18.2 Å². The van der Waals surface area contributed by atoms with Gasteiger partial charge in [0.25, 0.3) is 0 Å². The first-order valence-electron chi connectivity index (χ1n) is 7.01. The predicted molar refractivity (Wildman–Crippen MR) is 83.9 cm³/mol. The zero-order valence-corrected chi connectivity index (χ0v) is 12.8. The number of carbonyl (C=O) groups excluding carboxylic acids is 1. The maximum Gasteiger partial charge on any atom is 0.231 e. The molecule has 22 heavy (non-hydrogen) atoms. The Balaban J connectivity index is 1.75. The molecular formula is C17H15ClFNO2. The van der Waals surface area contributed by atoms with Crippen molar-refractivity contribution >= 4 is 23.2 Å². The van der Waals surface area contributed by atoms with Crippen LogP contribution in [0.5, 0.6) is 5.75 Å². The molecule has 1 unspecified atom stereocenters. The number of fused-ring (bicyclic) bond motifs is 1. The van der Waals surface area contributed by atoms with Crippen LogP contribution in [0.3, 0.4) is 0 Å². The molecule has 1 aliphatic rings. The molecule has 0 fully saturated rings. The van der Waals surface area contributed by atoms with Crippen LogP contribution in [0, 0.1) is 18.7 Å². The van der Waals surface area contributed by atoms with Crippen LogP contribution in [-0.4, -0.2) is 12.5 Å². The summed E-state index contributed by atoms with van der Waals surface area (Å²) in [6, 6.07) is 9.96. The van der Waals surface area contributed by atoms with E-state index < -0.39 is 5.82 Å². The minimum absolute atomic E-state index is 0.196. The highest BCUT2D eigenvalue weighted by Crippen LogP contribution is 2.30. The Morgan fingerprint density at radius 3 is 2.95 bits per heavy atom. The normalized spacial score (nSPS) is 16.6. The Hall–Kier alpha value is -2.07. The average molecular weight is 320 g/mol. The van der Waals surface area contributed by atoms with Crippen molar-refractivity contribution < 1.29 is 13.9 Å². The molecule has 1 atom stereocenters. The van der Waals surface area contributed by atoms with E-state index in [1.807, 2.05) is 6.92 Å². The van der Waals surface area contributed by atoms with E-state index in [4.69, 9.17) is 16.3 Å². The number of hydrogen-bond acceptors (Lipinski definition) is 2. The number of aryl methyl sites for hydroxylation is 1. The van der Waals surface area contributed by atoms with Crippen molar-refractivity contribution in [1.82, 2.24) is 0 Å². The number of benzene rings is 2. The second kappa shape index (κ2) is 5.97. The van der Waals surface area contributed by atoms with Crippen molar-refractivity contribution in [2.75, 3.05) is 11.9 Å². The van der Waals surface area contributed by atoms with Crippen LogP contribution in [0.1, 0.15) is 11.1 Å². The predicted octanol–water partition coefficient (Wildman–Crippen LogP) is 3.98. The van der Waals surface area contributed by atoms with Gasteiger partial charge in [0.2, 0.25) is 5.91 Å². The molecule has 0 aromatic heterocycles. The summed E-state index contributed by atoms with van der Waals surface area (Å²) in [5.74, 6) is -0.324. The van der Waals surface area contributed by atoms with Crippen LogP contribution in [0.15, 0.2) is 36.4 Å². The number of amides is 1. The molecule has 0 radical (unpaired) electrons. The van der Waals surface area contributed by atoms with Gasteiger partial charge in [0.05, 0.1) is 11.6 Å². The molecule has 0 saturated heterocycles. The van der Waals surface area contributed by atoms with Gasteiger partial charge >= 0.3 is 0 Å². The Labute approximate surface area is 133 Å². The first kappa shape index (κ1) is 14.9. The van der Waals surface area contributed by atoms with Crippen LogP contribution >= 0.6 is 11.6 Å². The van der Waals surface area contributed by atoms with Crippen LogP contribution in [-0.2, 0) is 11.2 Å². The molecule has 1 aliphatic heterocycles. The summed E-state index contributed by atoms with van der Waals surface area (Å²) in [6.07, 6.45) is 0.523. The largest absolute Gasteiger partial charge is 0.492 e. The Kier molecular flexibility index (Phi) is 4.03. The molecule has 0 aliphatic carbocycles. The number of rotatable bonds is 2. The standard InChI is InChI=1S/C17H15ClFNO2/c1-10-2-4-14(19)15(6-10)20-17(21)12-7-11-8-13(18)3-5-16(11)22-9-12/h2-6,8,12H,7,9H2,1H3,(H,20,21). The third kappa shape index (κ3) is 3.07. The summed E-state index contributed by atoms with van der Waals surface area (Å²) in [6.45, 7) is 2.12. The highest BCUT2D eigenvalue weighted by Gasteiger charge is 2.26. The van der Waals surface area contributed by atoms with Crippen molar-refractivity contribution in [1.29, 1.82) is 0 Å². The van der Waals surface area contributed by atoms with E-state index in [9.17, 15) is 9.18 Å². The number of nitrogens with one attached hydrogen (secondary N) is 1. The second-order valence-electron chi connectivity index (χ2n) is 5.44. The second-order valence-corrected chi connectivity index (χ2v) is 5.87. The lowest BCUT2D eigenvalue weighted by molar-refractivity contribution is -0.121. The molecule has 1 heterocycles. The van der Waals surface area contributed by atoms with Gasteiger partial charge in [-0.3, -0.25) is 4.79 Å². The molecule has 1 N–H and O–H groups in total. The first-order chi connectivity index (χ1) is 10.5. The van der Waals surface area contributed by atoms with Crippen molar-refractivity contribution in [2.45, 2.75) is 13.3 Å². The van der Waals surface area contributed by atoms with Crippen LogP contribution < -0.4 is 10.1 Å². The molecular weight excluding hydrogens is 305 g/mol. The van der Waals surface area contributed by atoms with Crippen molar-refractivity contribution in [2.24, 2.45) is 5.92 Å². The fourth-order valence-electron chi connectivity index (χ4n) is 2.50. The highest BCUT2D eigenvalue weighted by atomic mass is 35.5. The minimum Gasteiger partial charge on any atom is -0.492 e. The average Bonchev–Trinajstić information content (AvgIpc) is 2.50. The lowest BCUT2D eigenvalue weighted by atomic mass is 9.96. The van der Waals surface area contributed by atoms with Gasteiger partial charge in [-0.25, -0.2) is 4.39 Å². The monoisotopic (exact) mass is 319 g/mol. The lowest BCUT2D eigenvalue weighted by Crippen LogP contribution is -2.32. The molecule has 1 amide bonds. The summed E-state index contributed by atoms with van der Waals surface area (Å²) in [5, 5.41) is 3.24. The van der Waals surface area contributed by atoms with Crippen molar-refractivity contribution in [3.05, 3.63) is 58.4 Å². The van der Waals surface area contributed by atoms with Gasteiger partial charge in [-0.2, -0.15) is 0 Å². The molecule has 0 spiro atoms. The molecule has 0 saturated carbocycles. The zero-order chi connectivity index (χ0) is 15.7. The third-order valence-electron chi connectivity index (χ3n) is 3.68. The van der Waals surface area contributed by atoms with E-state index in [1.54, 1.807) is 30.3 Å². The minimum atomic E-state index is -0.445. The molecule has 5 heteroatoms. The van der Waals surface area contributed by atoms with E-state index in [2.05, 4.69) is 5.32 Å². The molecule has 114 valence electrons. The molecule has 2 aromatic rings. The first-order valence-corrected chi connectivity index (χ1v) is 7.39. The fraction of sp³-hybridized carbons (Fsp3) is 0.235. The summed E-state index contributed by atoms with van der Waals surface area (Å²) in [4.78, 5) is 12.3. The maximum absolute atomic E-state index is 13.7. The van der Waals surface area contributed by atoms with Gasteiger partial charge in [-0.05, 0) is 54.8 Å². The zero-order valence-electron chi connectivity index (χ0n) is 12.0. The van der Waals surface area contributed by atoms with Gasteiger partial charge in [0, 0.05) is 5.02 Å². The summed E-state index contributed by atoms with van der Waals surface area (Å²) in [5.41, 5.74) is 1.97. The third-order valence-corrected chi connectivity index (χ3v) is 3.91. The summed E-state index contributed by atoms with van der Waals surface area (Å²) >= 11 is 5.97. The van der Waals surface area contributed by atoms with Crippen LogP contribution in [0.4, 0.5) is 10.1 Å². The lowest BCUT2D eigenvalue weighted by Gasteiger charge is -2.24.